The molecule has 0 aromatic heterocycles. The van der Waals surface area contributed by atoms with Gasteiger partial charge in [0.1, 0.15) is 0 Å². The lowest BCUT2D eigenvalue weighted by Crippen LogP contribution is -2.42. The van der Waals surface area contributed by atoms with E-state index in [1.165, 1.54) is 12.8 Å². The van der Waals surface area contributed by atoms with Crippen LogP contribution in [0.5, 0.6) is 0 Å². The Morgan fingerprint density at radius 2 is 1.92 bits per heavy atom. The fourth-order valence-electron chi connectivity index (χ4n) is 1.90. The van der Waals surface area contributed by atoms with Gasteiger partial charge >= 0.3 is 0 Å². The highest BCUT2D eigenvalue weighted by atomic mass is 15.2. The molecule has 0 bridgehead atoms. The van der Waals surface area contributed by atoms with Crippen molar-refractivity contribution in [2.45, 2.75) is 52.7 Å². The molecule has 2 N–H and O–H groups in total. The van der Waals surface area contributed by atoms with Gasteiger partial charge in [-0.2, -0.15) is 0 Å². The van der Waals surface area contributed by atoms with E-state index in [-0.39, 0.29) is 0 Å². The van der Waals surface area contributed by atoms with Crippen LogP contribution in [0.15, 0.2) is 0 Å². The minimum atomic E-state index is 0.470. The molecule has 1 fully saturated rings. The molecule has 1 aliphatic heterocycles. The van der Waals surface area contributed by atoms with E-state index in [9.17, 15) is 0 Å². The fourth-order valence-corrected chi connectivity index (χ4v) is 1.90. The molecule has 2 atom stereocenters. The Bertz CT molecular complexity index is 141. The number of hydrogen-bond donors (Lipinski definition) is 2. The van der Waals surface area contributed by atoms with Crippen molar-refractivity contribution in [2.75, 3.05) is 6.54 Å². The lowest BCUT2D eigenvalue weighted by atomic mass is 9.78. The van der Waals surface area contributed by atoms with E-state index in [0.717, 1.165) is 6.54 Å². The molecule has 0 radical (unpaired) electrons. The van der Waals surface area contributed by atoms with Crippen LogP contribution in [0.3, 0.4) is 0 Å². The largest absolute Gasteiger partial charge is 0.301 e. The summed E-state index contributed by atoms with van der Waals surface area (Å²) in [5, 5.41) is 7.02. The zero-order valence-corrected chi connectivity index (χ0v) is 8.78. The van der Waals surface area contributed by atoms with Gasteiger partial charge in [0.2, 0.25) is 0 Å². The Morgan fingerprint density at radius 1 is 1.33 bits per heavy atom. The van der Waals surface area contributed by atoms with Crippen molar-refractivity contribution in [1.82, 2.24) is 10.6 Å². The Balaban J connectivity index is 2.55. The maximum absolute atomic E-state index is 3.59. The molecule has 2 unspecified atom stereocenters. The van der Waals surface area contributed by atoms with Gasteiger partial charge in [0.05, 0.1) is 6.17 Å². The lowest BCUT2D eigenvalue weighted by Gasteiger charge is -2.33. The second-order valence-corrected chi connectivity index (χ2v) is 4.21. The quantitative estimate of drug-likeness (QED) is 0.674. The molecule has 1 saturated heterocycles. The molecule has 0 aromatic carbocycles. The molecule has 0 saturated carbocycles. The van der Waals surface area contributed by atoms with Gasteiger partial charge in [-0.25, -0.2) is 0 Å². The van der Waals surface area contributed by atoms with Gasteiger partial charge in [-0.15, -0.1) is 0 Å². The first-order valence-electron chi connectivity index (χ1n) is 5.12. The van der Waals surface area contributed by atoms with Crippen LogP contribution in [-0.2, 0) is 0 Å². The summed E-state index contributed by atoms with van der Waals surface area (Å²) in [7, 11) is 0. The first-order chi connectivity index (χ1) is 5.62. The molecule has 2 nitrogen and oxygen atoms in total. The predicted molar refractivity (Wildman–Crippen MR) is 53.1 cm³/mol. The molecule has 12 heavy (non-hydrogen) atoms. The molecule has 72 valence electrons. The summed E-state index contributed by atoms with van der Waals surface area (Å²) in [6.45, 7) is 10.3. The smallest absolute Gasteiger partial charge is 0.0545 e. The van der Waals surface area contributed by atoms with Crippen molar-refractivity contribution >= 4 is 0 Å². The minimum Gasteiger partial charge on any atom is -0.301 e. The Kier molecular flexibility index (Phi) is 3.13. The van der Waals surface area contributed by atoms with Crippen molar-refractivity contribution < 1.29 is 0 Å². The Labute approximate surface area is 76.1 Å². The zero-order valence-electron chi connectivity index (χ0n) is 8.78. The monoisotopic (exact) mass is 170 g/mol. The number of hydrogen-bond acceptors (Lipinski definition) is 2. The predicted octanol–water partition coefficient (Wildman–Crippen LogP) is 1.72. The van der Waals surface area contributed by atoms with Gasteiger partial charge in [-0.05, 0) is 25.2 Å². The maximum atomic E-state index is 3.59. The Morgan fingerprint density at radius 3 is 2.25 bits per heavy atom. The molecule has 1 rings (SSSR count). The van der Waals surface area contributed by atoms with Crippen molar-refractivity contribution in [2.24, 2.45) is 5.41 Å². The lowest BCUT2D eigenvalue weighted by molar-refractivity contribution is 0.218. The number of rotatable bonds is 3. The van der Waals surface area contributed by atoms with Gasteiger partial charge in [0.25, 0.3) is 0 Å². The fraction of sp³-hybridized carbons (Fsp3) is 1.00. The minimum absolute atomic E-state index is 0.470. The first kappa shape index (κ1) is 10.0. The molecular formula is C10H22N2. The standard InChI is InChI=1S/C10H22N2/c1-5-10(4,6-2)9-7-11-8(3)12-9/h8-9,11-12H,5-7H2,1-4H3. The Hall–Kier alpha value is -0.0800. The van der Waals surface area contributed by atoms with E-state index in [2.05, 4.69) is 38.3 Å². The van der Waals surface area contributed by atoms with E-state index >= 15 is 0 Å². The highest BCUT2D eigenvalue weighted by Gasteiger charge is 2.34. The highest BCUT2D eigenvalue weighted by Crippen LogP contribution is 2.30. The van der Waals surface area contributed by atoms with Crippen molar-refractivity contribution in [3.8, 4) is 0 Å². The summed E-state index contributed by atoms with van der Waals surface area (Å²) < 4.78 is 0. The summed E-state index contributed by atoms with van der Waals surface area (Å²) in [4.78, 5) is 0. The van der Waals surface area contributed by atoms with E-state index in [4.69, 9.17) is 0 Å². The van der Waals surface area contributed by atoms with Crippen LogP contribution in [0.2, 0.25) is 0 Å². The molecule has 1 heterocycles. The van der Waals surface area contributed by atoms with Crippen LogP contribution in [0.1, 0.15) is 40.5 Å². The van der Waals surface area contributed by atoms with Gasteiger partial charge in [-0.1, -0.05) is 20.8 Å². The zero-order chi connectivity index (χ0) is 9.19. The molecular weight excluding hydrogens is 148 g/mol. The topological polar surface area (TPSA) is 24.1 Å². The van der Waals surface area contributed by atoms with Crippen LogP contribution in [0.4, 0.5) is 0 Å². The van der Waals surface area contributed by atoms with Crippen molar-refractivity contribution in [3.63, 3.8) is 0 Å². The average molecular weight is 170 g/mol. The van der Waals surface area contributed by atoms with E-state index in [1.54, 1.807) is 0 Å². The van der Waals surface area contributed by atoms with Crippen molar-refractivity contribution in [3.05, 3.63) is 0 Å². The summed E-state index contributed by atoms with van der Waals surface area (Å²) in [6.07, 6.45) is 3.01. The van der Waals surface area contributed by atoms with Crippen LogP contribution >= 0.6 is 0 Å². The van der Waals surface area contributed by atoms with Gasteiger partial charge in [0, 0.05) is 12.6 Å². The summed E-state index contributed by atoms with van der Waals surface area (Å²) in [5.41, 5.74) is 0.470. The second kappa shape index (κ2) is 3.75. The van der Waals surface area contributed by atoms with E-state index < -0.39 is 0 Å². The van der Waals surface area contributed by atoms with E-state index in [0.29, 0.717) is 17.6 Å². The maximum Gasteiger partial charge on any atom is 0.0545 e. The normalized spacial score (nSPS) is 31.0. The molecule has 0 amide bonds. The molecule has 0 spiro atoms. The van der Waals surface area contributed by atoms with Gasteiger partial charge in [-0.3, -0.25) is 5.32 Å². The van der Waals surface area contributed by atoms with Crippen LogP contribution in [-0.4, -0.2) is 18.8 Å². The van der Waals surface area contributed by atoms with E-state index in [1.807, 2.05) is 0 Å². The van der Waals surface area contributed by atoms with Gasteiger partial charge in [0.15, 0.2) is 0 Å². The molecule has 0 aliphatic carbocycles. The molecule has 1 aliphatic rings. The van der Waals surface area contributed by atoms with Crippen molar-refractivity contribution in [1.29, 1.82) is 0 Å². The molecule has 2 heteroatoms. The SMILES string of the molecule is CCC(C)(CC)C1CNC(C)N1. The third kappa shape index (κ3) is 1.80. The summed E-state index contributed by atoms with van der Waals surface area (Å²) >= 11 is 0. The summed E-state index contributed by atoms with van der Waals surface area (Å²) in [6, 6.07) is 0.655. The first-order valence-corrected chi connectivity index (χ1v) is 5.12. The summed E-state index contributed by atoms with van der Waals surface area (Å²) in [5.74, 6) is 0. The van der Waals surface area contributed by atoms with Crippen LogP contribution in [0.25, 0.3) is 0 Å². The van der Waals surface area contributed by atoms with Gasteiger partial charge < -0.3 is 5.32 Å². The third-order valence-electron chi connectivity index (χ3n) is 3.54. The van der Waals surface area contributed by atoms with Crippen LogP contribution < -0.4 is 10.6 Å². The highest BCUT2D eigenvalue weighted by molar-refractivity contribution is 4.92. The molecule has 0 aromatic rings. The van der Waals surface area contributed by atoms with Crippen LogP contribution in [0, 0.1) is 5.41 Å². The third-order valence-corrected chi connectivity index (χ3v) is 3.54. The second-order valence-electron chi connectivity index (χ2n) is 4.21. The number of nitrogens with one attached hydrogen (secondary N) is 2. The average Bonchev–Trinajstić information content (AvgIpc) is 2.51.